The molecule has 0 aliphatic carbocycles. The summed E-state index contributed by atoms with van der Waals surface area (Å²) in [6.45, 7) is 7.46. The van der Waals surface area contributed by atoms with Gasteiger partial charge in [-0.05, 0) is 24.3 Å². The molecule has 1 aliphatic rings. The molecule has 0 radical (unpaired) electrons. The highest BCUT2D eigenvalue weighted by Crippen LogP contribution is 2.14. The van der Waals surface area contributed by atoms with E-state index in [0.29, 0.717) is 5.92 Å². The maximum atomic E-state index is 11.3. The predicted octanol–water partition coefficient (Wildman–Crippen LogP) is 1.09. The fraction of sp³-hybridized carbons (Fsp3) is 0.562. The Hall–Kier alpha value is -1.35. The quantitative estimate of drug-likeness (QED) is 0.837. The molecule has 3 N–H and O–H groups in total. The van der Waals surface area contributed by atoms with Gasteiger partial charge < -0.3 is 10.6 Å². The fourth-order valence-corrected chi connectivity index (χ4v) is 2.86. The summed E-state index contributed by atoms with van der Waals surface area (Å²) in [4.78, 5) is 12.8. The number of amides is 1. The number of hydrogen-bond acceptors (Lipinski definition) is 1. The van der Waals surface area contributed by atoms with Crippen LogP contribution in [0.1, 0.15) is 43.7 Å². The standard InChI is InChI=1S/C16H24N2O/c1-12(2)14-7-5-13(6-8-14)10-18-9-3-4-15(11-18)16(17)19/h5-8,12,15H,3-4,9-11H2,1-2H3,(H2,17,19)/p+1/t15-/m1/s1. The van der Waals surface area contributed by atoms with Crippen LogP contribution in [0.25, 0.3) is 0 Å². The maximum absolute atomic E-state index is 11.3. The van der Waals surface area contributed by atoms with Crippen LogP contribution < -0.4 is 10.6 Å². The summed E-state index contributed by atoms with van der Waals surface area (Å²) in [6, 6.07) is 8.87. The zero-order valence-electron chi connectivity index (χ0n) is 12.0. The van der Waals surface area contributed by atoms with Crippen LogP contribution in [0.3, 0.4) is 0 Å². The van der Waals surface area contributed by atoms with Crippen molar-refractivity contribution in [2.75, 3.05) is 13.1 Å². The molecule has 1 saturated heterocycles. The van der Waals surface area contributed by atoms with E-state index in [-0.39, 0.29) is 11.8 Å². The van der Waals surface area contributed by atoms with Gasteiger partial charge in [-0.25, -0.2) is 0 Å². The number of nitrogens with one attached hydrogen (secondary N) is 1. The molecule has 3 heteroatoms. The van der Waals surface area contributed by atoms with E-state index < -0.39 is 0 Å². The second kappa shape index (κ2) is 6.20. The number of hydrogen-bond donors (Lipinski definition) is 2. The van der Waals surface area contributed by atoms with Crippen molar-refractivity contribution in [1.29, 1.82) is 0 Å². The Morgan fingerprint density at radius 3 is 2.63 bits per heavy atom. The average molecular weight is 261 g/mol. The lowest BCUT2D eigenvalue weighted by Crippen LogP contribution is -3.12. The van der Waals surface area contributed by atoms with Crippen molar-refractivity contribution in [2.45, 2.75) is 39.2 Å². The first-order valence-electron chi connectivity index (χ1n) is 7.28. The molecule has 3 nitrogen and oxygen atoms in total. The van der Waals surface area contributed by atoms with E-state index >= 15 is 0 Å². The van der Waals surface area contributed by atoms with Gasteiger partial charge in [-0.3, -0.25) is 4.79 Å². The van der Waals surface area contributed by atoms with E-state index in [9.17, 15) is 4.79 Å². The van der Waals surface area contributed by atoms with Gasteiger partial charge >= 0.3 is 0 Å². The monoisotopic (exact) mass is 261 g/mol. The predicted molar refractivity (Wildman–Crippen MR) is 76.9 cm³/mol. The molecule has 19 heavy (non-hydrogen) atoms. The van der Waals surface area contributed by atoms with Crippen LogP contribution in [0, 0.1) is 5.92 Å². The Labute approximate surface area is 115 Å². The molecule has 0 aromatic heterocycles. The van der Waals surface area contributed by atoms with E-state index in [0.717, 1.165) is 32.5 Å². The molecule has 1 heterocycles. The summed E-state index contributed by atoms with van der Waals surface area (Å²) >= 11 is 0. The minimum atomic E-state index is -0.132. The Kier molecular flexibility index (Phi) is 4.59. The van der Waals surface area contributed by atoms with E-state index in [4.69, 9.17) is 5.73 Å². The number of likely N-dealkylation sites (tertiary alicyclic amines) is 1. The van der Waals surface area contributed by atoms with Crippen LogP contribution in [0.2, 0.25) is 0 Å². The van der Waals surface area contributed by atoms with Crippen molar-refractivity contribution < 1.29 is 9.69 Å². The van der Waals surface area contributed by atoms with Gasteiger partial charge in [0, 0.05) is 5.56 Å². The van der Waals surface area contributed by atoms with Gasteiger partial charge in [0.2, 0.25) is 5.91 Å². The van der Waals surface area contributed by atoms with Gasteiger partial charge in [-0.2, -0.15) is 0 Å². The Balaban J connectivity index is 1.95. The number of piperidine rings is 1. The summed E-state index contributed by atoms with van der Waals surface area (Å²) < 4.78 is 0. The van der Waals surface area contributed by atoms with E-state index in [1.165, 1.54) is 16.0 Å². The van der Waals surface area contributed by atoms with Crippen LogP contribution in [-0.4, -0.2) is 19.0 Å². The molecule has 0 bridgehead atoms. The third-order valence-electron chi connectivity index (χ3n) is 4.12. The highest BCUT2D eigenvalue weighted by molar-refractivity contribution is 5.76. The molecular formula is C16H25N2O+. The molecule has 0 spiro atoms. The van der Waals surface area contributed by atoms with Gasteiger partial charge in [0.15, 0.2) is 0 Å². The van der Waals surface area contributed by atoms with Crippen molar-refractivity contribution >= 4 is 5.91 Å². The molecule has 2 atom stereocenters. The van der Waals surface area contributed by atoms with Crippen molar-refractivity contribution in [2.24, 2.45) is 11.7 Å². The molecule has 1 amide bonds. The third-order valence-corrected chi connectivity index (χ3v) is 4.12. The second-order valence-electron chi connectivity index (χ2n) is 6.02. The number of benzene rings is 1. The van der Waals surface area contributed by atoms with Gasteiger partial charge in [-0.15, -0.1) is 0 Å². The normalized spacial score (nSPS) is 23.5. The van der Waals surface area contributed by atoms with Crippen molar-refractivity contribution in [1.82, 2.24) is 0 Å². The minimum absolute atomic E-state index is 0.0682. The average Bonchev–Trinajstić information content (AvgIpc) is 2.39. The van der Waals surface area contributed by atoms with Gasteiger partial charge in [0.1, 0.15) is 6.54 Å². The van der Waals surface area contributed by atoms with Gasteiger partial charge in [0.05, 0.1) is 19.0 Å². The molecule has 104 valence electrons. The summed E-state index contributed by atoms with van der Waals surface area (Å²) in [5.41, 5.74) is 8.16. The lowest BCUT2D eigenvalue weighted by Gasteiger charge is -2.28. The van der Waals surface area contributed by atoms with E-state index in [1.807, 2.05) is 0 Å². The largest absolute Gasteiger partial charge is 0.369 e. The molecule has 2 rings (SSSR count). The van der Waals surface area contributed by atoms with Gasteiger partial charge in [-0.1, -0.05) is 38.1 Å². The number of rotatable bonds is 4. The first-order valence-corrected chi connectivity index (χ1v) is 7.28. The second-order valence-corrected chi connectivity index (χ2v) is 6.02. The van der Waals surface area contributed by atoms with Crippen LogP contribution in [-0.2, 0) is 11.3 Å². The number of carbonyl (C=O) groups excluding carboxylic acids is 1. The van der Waals surface area contributed by atoms with E-state index in [1.54, 1.807) is 0 Å². The molecule has 1 aromatic carbocycles. The van der Waals surface area contributed by atoms with Crippen LogP contribution in [0.5, 0.6) is 0 Å². The summed E-state index contributed by atoms with van der Waals surface area (Å²) in [5, 5.41) is 0. The number of nitrogens with two attached hydrogens (primary N) is 1. The van der Waals surface area contributed by atoms with Gasteiger partial charge in [0.25, 0.3) is 0 Å². The Bertz CT molecular complexity index is 425. The number of quaternary nitrogens is 1. The molecule has 1 fully saturated rings. The van der Waals surface area contributed by atoms with Crippen LogP contribution in [0.4, 0.5) is 0 Å². The minimum Gasteiger partial charge on any atom is -0.369 e. The number of carbonyl (C=O) groups is 1. The maximum Gasteiger partial charge on any atom is 0.226 e. The molecule has 1 aliphatic heterocycles. The Morgan fingerprint density at radius 2 is 2.05 bits per heavy atom. The SMILES string of the molecule is CC(C)c1ccc(C[NH+]2CCC[C@@H](C(N)=O)C2)cc1. The van der Waals surface area contributed by atoms with Crippen LogP contribution >= 0.6 is 0 Å². The number of primary amides is 1. The van der Waals surface area contributed by atoms with Crippen molar-refractivity contribution in [3.63, 3.8) is 0 Å². The molecule has 1 unspecified atom stereocenters. The van der Waals surface area contributed by atoms with E-state index in [2.05, 4.69) is 38.1 Å². The zero-order valence-corrected chi connectivity index (χ0v) is 12.0. The molecular weight excluding hydrogens is 236 g/mol. The van der Waals surface area contributed by atoms with Crippen molar-refractivity contribution in [3.8, 4) is 0 Å². The van der Waals surface area contributed by atoms with Crippen molar-refractivity contribution in [3.05, 3.63) is 35.4 Å². The highest BCUT2D eigenvalue weighted by atomic mass is 16.1. The first-order chi connectivity index (χ1) is 9.06. The van der Waals surface area contributed by atoms with Crippen LogP contribution in [0.15, 0.2) is 24.3 Å². The fourth-order valence-electron chi connectivity index (χ4n) is 2.86. The lowest BCUT2D eigenvalue weighted by molar-refractivity contribution is -0.921. The summed E-state index contributed by atoms with van der Waals surface area (Å²) in [5.74, 6) is 0.515. The summed E-state index contributed by atoms with van der Waals surface area (Å²) in [7, 11) is 0. The zero-order chi connectivity index (χ0) is 13.8. The molecule has 1 aromatic rings. The third kappa shape index (κ3) is 3.80. The first kappa shape index (κ1) is 14.1. The smallest absolute Gasteiger partial charge is 0.226 e. The lowest BCUT2D eigenvalue weighted by atomic mass is 9.96. The molecule has 0 saturated carbocycles. The highest BCUT2D eigenvalue weighted by Gasteiger charge is 2.26. The summed E-state index contributed by atoms with van der Waals surface area (Å²) in [6.07, 6.45) is 2.07. The Morgan fingerprint density at radius 1 is 1.37 bits per heavy atom. The topological polar surface area (TPSA) is 47.5 Å².